The van der Waals surface area contributed by atoms with E-state index in [9.17, 15) is 14.4 Å². The zero-order valence-corrected chi connectivity index (χ0v) is 40.8. The third-order valence-electron chi connectivity index (χ3n) is 10.9. The summed E-state index contributed by atoms with van der Waals surface area (Å²) in [6, 6.07) is 30.2. The smallest absolute Gasteiger partial charge is 0.267 e. The first-order valence-electron chi connectivity index (χ1n) is 21.8. The highest BCUT2D eigenvalue weighted by atomic mass is 35.5. The zero-order chi connectivity index (χ0) is 46.6. The fraction of sp³-hybridized carbons (Fsp3) is 0.320. The van der Waals surface area contributed by atoms with Crippen LogP contribution >= 0.6 is 58.2 Å². The molecule has 1 saturated heterocycles. The lowest BCUT2D eigenvalue weighted by atomic mass is 9.91. The van der Waals surface area contributed by atoms with Gasteiger partial charge in [0.05, 0.1) is 26.4 Å². The number of hydrogen-bond acceptors (Lipinski definition) is 7. The van der Waals surface area contributed by atoms with Gasteiger partial charge in [-0.15, -0.1) is 11.8 Å². The third kappa shape index (κ3) is 13.1. The summed E-state index contributed by atoms with van der Waals surface area (Å²) in [4.78, 5) is 48.0. The molecule has 0 spiro atoms. The molecule has 1 aliphatic rings. The molecule has 1 fully saturated rings. The number of para-hydroxylation sites is 1. The molecule has 5 aromatic carbocycles. The van der Waals surface area contributed by atoms with Crippen LogP contribution in [-0.2, 0) is 14.4 Å². The SMILES string of the molecule is CCCCCCC(CC)C(Oc1ccc(C)cc1)C(=O)Nc1ccccc1SC1C(=O)N(c2c(Cl)cc(Cl)cc2Cl)NC1=Nc1cc(NC(=O)C(CC)Oc2ccc(C)cc2)ccc1Cl. The van der Waals surface area contributed by atoms with Crippen molar-refractivity contribution in [1.29, 1.82) is 0 Å². The van der Waals surface area contributed by atoms with E-state index in [4.69, 9.17) is 60.9 Å². The van der Waals surface area contributed by atoms with Crippen molar-refractivity contribution in [2.75, 3.05) is 15.6 Å². The lowest BCUT2D eigenvalue weighted by Crippen LogP contribution is -2.39. The number of nitrogens with one attached hydrogen (secondary N) is 3. The highest BCUT2D eigenvalue weighted by Crippen LogP contribution is 2.42. The second-order valence-electron chi connectivity index (χ2n) is 15.8. The van der Waals surface area contributed by atoms with Gasteiger partial charge in [0, 0.05) is 21.5 Å². The average Bonchev–Trinajstić information content (AvgIpc) is 3.57. The van der Waals surface area contributed by atoms with E-state index in [-0.39, 0.29) is 55.0 Å². The Morgan fingerprint density at radius 2 is 1.40 bits per heavy atom. The summed E-state index contributed by atoms with van der Waals surface area (Å²) < 4.78 is 12.5. The molecular weight excluding hydrogens is 924 g/mol. The van der Waals surface area contributed by atoms with Gasteiger partial charge in [0.1, 0.15) is 28.3 Å². The van der Waals surface area contributed by atoms with Crippen molar-refractivity contribution in [2.45, 2.75) is 102 Å². The van der Waals surface area contributed by atoms with Gasteiger partial charge in [-0.2, -0.15) is 0 Å². The van der Waals surface area contributed by atoms with E-state index in [1.54, 1.807) is 24.3 Å². The number of amidine groups is 1. The maximum Gasteiger partial charge on any atom is 0.267 e. The Morgan fingerprint density at radius 1 is 0.754 bits per heavy atom. The minimum absolute atomic E-state index is 0.0476. The number of nitrogens with zero attached hydrogens (tertiary/aromatic N) is 2. The molecule has 6 rings (SSSR count). The molecule has 4 unspecified atom stereocenters. The van der Waals surface area contributed by atoms with Crippen LogP contribution in [0.4, 0.5) is 22.7 Å². The number of benzene rings is 5. The molecule has 0 radical (unpaired) electrons. The molecule has 0 aliphatic carbocycles. The van der Waals surface area contributed by atoms with Crippen LogP contribution in [0.1, 0.15) is 76.8 Å². The Balaban J connectivity index is 1.31. The summed E-state index contributed by atoms with van der Waals surface area (Å²) in [6.07, 6.45) is 4.74. The van der Waals surface area contributed by atoms with Gasteiger partial charge in [-0.05, 0) is 99.8 Å². The molecule has 0 saturated carbocycles. The summed E-state index contributed by atoms with van der Waals surface area (Å²) in [5.74, 6) is 0.200. The topological polar surface area (TPSA) is 121 Å². The van der Waals surface area contributed by atoms with E-state index in [0.29, 0.717) is 34.2 Å². The molecule has 4 atom stereocenters. The van der Waals surface area contributed by atoms with Crippen LogP contribution in [0.5, 0.6) is 11.5 Å². The first kappa shape index (κ1) is 49.5. The van der Waals surface area contributed by atoms with E-state index in [2.05, 4.69) is 29.9 Å². The van der Waals surface area contributed by atoms with Gasteiger partial charge < -0.3 is 20.1 Å². The Bertz CT molecular complexity index is 2470. The number of thioether (sulfide) groups is 1. The molecule has 65 heavy (non-hydrogen) atoms. The fourth-order valence-corrected chi connectivity index (χ4v) is 9.46. The van der Waals surface area contributed by atoms with Gasteiger partial charge in [-0.3, -0.25) is 19.8 Å². The molecule has 342 valence electrons. The Hall–Kier alpha value is -4.91. The van der Waals surface area contributed by atoms with Crippen LogP contribution in [-0.4, -0.2) is 41.0 Å². The zero-order valence-electron chi connectivity index (χ0n) is 36.9. The molecule has 0 aromatic heterocycles. The van der Waals surface area contributed by atoms with Crippen molar-refractivity contribution in [3.8, 4) is 11.5 Å². The standard InChI is InChI=1S/C50H53Cl4N5O5S/c1-6-9-10-11-14-32(7-2)45(64-36-24-19-31(5)20-25-36)49(61)57-40-15-12-13-16-43(40)65-46-47(58-59(50(46)62)44-38(53)27-33(51)28-39(44)54)56-41-29-34(21-26-37(41)52)55-48(60)42(8-3)63-35-22-17-30(4)18-23-35/h12-13,15-29,32,42,45-46H,6-11,14H2,1-5H3,(H,55,60)(H,56,58)(H,57,61). The number of amides is 3. The Labute approximate surface area is 405 Å². The third-order valence-corrected chi connectivity index (χ3v) is 13.2. The number of hydrogen-bond donors (Lipinski definition) is 3. The van der Waals surface area contributed by atoms with Crippen LogP contribution in [0.25, 0.3) is 0 Å². The number of unbranched alkanes of at least 4 members (excludes halogenated alkanes) is 3. The number of aliphatic imine (C=N–C) groups is 1. The molecule has 5 aromatic rings. The van der Waals surface area contributed by atoms with Gasteiger partial charge in [0.2, 0.25) is 0 Å². The van der Waals surface area contributed by atoms with Crippen LogP contribution < -0.4 is 30.5 Å². The second kappa shape index (κ2) is 23.5. The number of carbonyl (C=O) groups excluding carboxylic acids is 3. The summed E-state index contributed by atoms with van der Waals surface area (Å²) in [7, 11) is 0. The molecular formula is C50H53Cl4N5O5S. The van der Waals surface area contributed by atoms with Crippen molar-refractivity contribution in [2.24, 2.45) is 10.9 Å². The van der Waals surface area contributed by atoms with Crippen LogP contribution in [0.3, 0.4) is 0 Å². The minimum Gasteiger partial charge on any atom is -0.481 e. The lowest BCUT2D eigenvalue weighted by Gasteiger charge is -2.27. The average molecular weight is 978 g/mol. The molecule has 15 heteroatoms. The van der Waals surface area contributed by atoms with Crippen LogP contribution in [0, 0.1) is 19.8 Å². The minimum atomic E-state index is -1.03. The van der Waals surface area contributed by atoms with Crippen molar-refractivity contribution in [1.82, 2.24) is 5.43 Å². The molecule has 3 N–H and O–H groups in total. The highest BCUT2D eigenvalue weighted by Gasteiger charge is 2.42. The molecule has 10 nitrogen and oxygen atoms in total. The Morgan fingerprint density at radius 3 is 2.03 bits per heavy atom. The highest BCUT2D eigenvalue weighted by molar-refractivity contribution is 8.01. The molecule has 1 aliphatic heterocycles. The van der Waals surface area contributed by atoms with Crippen molar-refractivity contribution >= 4 is 104 Å². The predicted octanol–water partition coefficient (Wildman–Crippen LogP) is 13.8. The number of ether oxygens (including phenoxy) is 2. The van der Waals surface area contributed by atoms with Gasteiger partial charge in [-0.1, -0.05) is 140 Å². The van der Waals surface area contributed by atoms with E-state index in [1.807, 2.05) is 87.5 Å². The maximum atomic E-state index is 14.6. The quantitative estimate of drug-likeness (QED) is 0.0664. The largest absolute Gasteiger partial charge is 0.481 e. The summed E-state index contributed by atoms with van der Waals surface area (Å²) in [5.41, 5.74) is 6.59. The molecule has 3 amide bonds. The maximum absolute atomic E-state index is 14.6. The predicted molar refractivity (Wildman–Crippen MR) is 268 cm³/mol. The van der Waals surface area contributed by atoms with Crippen molar-refractivity contribution in [3.63, 3.8) is 0 Å². The number of carbonyl (C=O) groups is 3. The van der Waals surface area contributed by atoms with Crippen molar-refractivity contribution < 1.29 is 23.9 Å². The number of rotatable bonds is 20. The van der Waals surface area contributed by atoms with Gasteiger partial charge in [0.25, 0.3) is 17.7 Å². The number of aryl methyl sites for hydroxylation is 2. The number of halogens is 4. The molecule has 0 bridgehead atoms. The second-order valence-corrected chi connectivity index (χ2v) is 18.6. The summed E-state index contributed by atoms with van der Waals surface area (Å²) in [6.45, 7) is 10.1. The van der Waals surface area contributed by atoms with Crippen LogP contribution in [0.15, 0.2) is 113 Å². The summed E-state index contributed by atoms with van der Waals surface area (Å²) in [5, 5.41) is 7.06. The van der Waals surface area contributed by atoms with E-state index < -0.39 is 23.4 Å². The summed E-state index contributed by atoms with van der Waals surface area (Å²) >= 11 is 27.5. The van der Waals surface area contributed by atoms with Crippen LogP contribution in [0.2, 0.25) is 20.1 Å². The monoisotopic (exact) mass is 975 g/mol. The lowest BCUT2D eigenvalue weighted by molar-refractivity contribution is -0.125. The van der Waals surface area contributed by atoms with Gasteiger partial charge >= 0.3 is 0 Å². The van der Waals surface area contributed by atoms with Crippen molar-refractivity contribution in [3.05, 3.63) is 134 Å². The molecule has 1 heterocycles. The van der Waals surface area contributed by atoms with E-state index in [1.165, 1.54) is 28.9 Å². The number of hydrazine groups is 1. The van der Waals surface area contributed by atoms with E-state index in [0.717, 1.165) is 49.7 Å². The van der Waals surface area contributed by atoms with E-state index >= 15 is 0 Å². The number of anilines is 3. The van der Waals surface area contributed by atoms with Gasteiger partial charge in [-0.25, -0.2) is 10.0 Å². The first-order valence-corrected chi connectivity index (χ1v) is 24.1. The first-order chi connectivity index (χ1) is 31.3. The normalized spacial score (nSPS) is 15.6. The fourth-order valence-electron chi connectivity index (χ4n) is 7.23. The van der Waals surface area contributed by atoms with Gasteiger partial charge in [0.15, 0.2) is 12.2 Å². The Kier molecular flexibility index (Phi) is 17.9.